The van der Waals surface area contributed by atoms with E-state index in [1.807, 2.05) is 6.07 Å². The van der Waals surface area contributed by atoms with E-state index >= 15 is 0 Å². The van der Waals surface area contributed by atoms with Gasteiger partial charge in [-0.2, -0.15) is 5.10 Å². The van der Waals surface area contributed by atoms with Gasteiger partial charge in [0.1, 0.15) is 5.75 Å². The molecule has 0 bridgehead atoms. The summed E-state index contributed by atoms with van der Waals surface area (Å²) in [5, 5.41) is 23.9. The van der Waals surface area contributed by atoms with Crippen molar-refractivity contribution < 1.29 is 27.8 Å². The molecule has 1 aliphatic carbocycles. The van der Waals surface area contributed by atoms with Gasteiger partial charge in [0.15, 0.2) is 13.1 Å². The third kappa shape index (κ3) is 5.54. The van der Waals surface area contributed by atoms with E-state index in [-0.39, 0.29) is 29.4 Å². The highest BCUT2D eigenvalue weighted by atomic mass is 19.4. The number of nitrogens with zero attached hydrogens (tertiary/aromatic N) is 3. The summed E-state index contributed by atoms with van der Waals surface area (Å²) in [6.45, 7) is 0. The SMILES string of the molecule is [B][B]NC(=O)c1ccc2c(c1)nc(Nc1n[nH]c3ccc(-c4ccccc4OC(F)(F)F)cc13)n2C1CCC(O)CC1. The van der Waals surface area contributed by atoms with Crippen LogP contribution in [0.15, 0.2) is 60.7 Å². The monoisotopic (exact) mass is 571 g/mol. The number of aromatic amines is 1. The van der Waals surface area contributed by atoms with Crippen molar-refractivity contribution in [3.8, 4) is 16.9 Å². The number of anilines is 2. The Bertz CT molecular complexity index is 1770. The minimum absolute atomic E-state index is 0.0325. The van der Waals surface area contributed by atoms with Crippen LogP contribution in [0.5, 0.6) is 5.75 Å². The Morgan fingerprint density at radius 3 is 2.64 bits per heavy atom. The summed E-state index contributed by atoms with van der Waals surface area (Å²) in [5.41, 5.74) is 3.20. The first-order chi connectivity index (χ1) is 20.2. The molecule has 0 unspecified atom stereocenters. The molecule has 0 aliphatic heterocycles. The number of alkyl halides is 3. The predicted molar refractivity (Wildman–Crippen MR) is 154 cm³/mol. The van der Waals surface area contributed by atoms with E-state index in [4.69, 9.17) is 12.7 Å². The van der Waals surface area contributed by atoms with Crippen molar-refractivity contribution in [1.29, 1.82) is 0 Å². The molecule has 0 saturated heterocycles. The van der Waals surface area contributed by atoms with Gasteiger partial charge in [-0.05, 0) is 67.6 Å². The van der Waals surface area contributed by atoms with E-state index in [1.54, 1.807) is 42.5 Å². The highest BCUT2D eigenvalue weighted by Crippen LogP contribution is 2.38. The lowest BCUT2D eigenvalue weighted by Crippen LogP contribution is -2.27. The van der Waals surface area contributed by atoms with Gasteiger partial charge in [0.25, 0.3) is 0 Å². The molecule has 4 N–H and O–H groups in total. The fourth-order valence-corrected chi connectivity index (χ4v) is 5.47. The van der Waals surface area contributed by atoms with E-state index in [2.05, 4.69) is 30.0 Å². The summed E-state index contributed by atoms with van der Waals surface area (Å²) in [5.74, 6) is 0.221. The van der Waals surface area contributed by atoms with Crippen molar-refractivity contribution in [3.05, 3.63) is 66.2 Å². The second-order valence-electron chi connectivity index (χ2n) is 10.1. The fraction of sp³-hybridized carbons (Fsp3) is 0.250. The molecule has 1 fully saturated rings. The minimum Gasteiger partial charge on any atom is -0.409 e. The molecule has 1 saturated carbocycles. The van der Waals surface area contributed by atoms with Crippen molar-refractivity contribution >= 4 is 54.7 Å². The number of para-hydroxylation sites is 1. The largest absolute Gasteiger partial charge is 0.573 e. The van der Waals surface area contributed by atoms with Crippen LogP contribution in [0.4, 0.5) is 24.9 Å². The van der Waals surface area contributed by atoms with E-state index in [9.17, 15) is 23.1 Å². The number of hydrogen-bond donors (Lipinski definition) is 4. The number of nitrogens with one attached hydrogen (secondary N) is 3. The smallest absolute Gasteiger partial charge is 0.409 e. The van der Waals surface area contributed by atoms with Crippen LogP contribution in [-0.4, -0.2) is 58.3 Å². The summed E-state index contributed by atoms with van der Waals surface area (Å²) in [4.78, 5) is 17.2. The summed E-state index contributed by atoms with van der Waals surface area (Å²) >= 11 is 0. The van der Waals surface area contributed by atoms with Crippen LogP contribution in [0.25, 0.3) is 33.1 Å². The topological polar surface area (TPSA) is 117 Å². The number of fused-ring (bicyclic) bond motifs is 2. The van der Waals surface area contributed by atoms with Gasteiger partial charge in [0.2, 0.25) is 11.9 Å². The van der Waals surface area contributed by atoms with Gasteiger partial charge in [-0.1, -0.05) is 24.3 Å². The van der Waals surface area contributed by atoms with Crippen LogP contribution in [0.3, 0.4) is 0 Å². The number of ether oxygens (including phenoxy) is 1. The molecule has 5 aromatic rings. The number of aliphatic hydroxyl groups excluding tert-OH is 1. The van der Waals surface area contributed by atoms with E-state index in [0.29, 0.717) is 52.2 Å². The maximum atomic E-state index is 13.1. The molecular formula is C28H24B2F3N6O3. The van der Waals surface area contributed by atoms with Gasteiger partial charge in [0.05, 0.1) is 22.7 Å². The van der Waals surface area contributed by atoms with Crippen molar-refractivity contribution in [1.82, 2.24) is 25.0 Å². The first-order valence-electron chi connectivity index (χ1n) is 13.3. The summed E-state index contributed by atoms with van der Waals surface area (Å²) in [6.07, 6.45) is -2.44. The number of aliphatic hydroxyl groups is 1. The van der Waals surface area contributed by atoms with Gasteiger partial charge in [0, 0.05) is 30.3 Å². The van der Waals surface area contributed by atoms with E-state index < -0.39 is 6.36 Å². The summed E-state index contributed by atoms with van der Waals surface area (Å²) < 4.78 is 45.5. The van der Waals surface area contributed by atoms with Crippen LogP contribution in [0, 0.1) is 0 Å². The highest BCUT2D eigenvalue weighted by Gasteiger charge is 2.32. The van der Waals surface area contributed by atoms with Crippen molar-refractivity contribution in [2.24, 2.45) is 0 Å². The molecule has 2 aromatic heterocycles. The van der Waals surface area contributed by atoms with Crippen LogP contribution < -0.4 is 15.3 Å². The van der Waals surface area contributed by atoms with Crippen LogP contribution in [0.1, 0.15) is 42.1 Å². The third-order valence-electron chi connectivity index (χ3n) is 7.41. The van der Waals surface area contributed by atoms with Gasteiger partial charge < -0.3 is 25.0 Å². The Morgan fingerprint density at radius 1 is 1.10 bits per heavy atom. The van der Waals surface area contributed by atoms with Crippen molar-refractivity contribution in [2.45, 2.75) is 44.2 Å². The molecule has 2 heterocycles. The maximum Gasteiger partial charge on any atom is 0.573 e. The van der Waals surface area contributed by atoms with Gasteiger partial charge >= 0.3 is 6.36 Å². The number of halogens is 3. The Morgan fingerprint density at radius 2 is 1.88 bits per heavy atom. The zero-order valence-electron chi connectivity index (χ0n) is 22.2. The second kappa shape index (κ2) is 11.1. The van der Waals surface area contributed by atoms with Gasteiger partial charge in [-0.3, -0.25) is 9.89 Å². The standard InChI is InChI=1S/C28H24B2F3N6O3/c29-30-36-26(41)16-6-12-23-22(14-16)34-27(39(23)17-7-9-18(40)10-8-17)35-25-20-13-15(5-11-21(20)37-38-25)19-3-1-2-4-24(19)42-28(31,32)33/h1-6,11-14,17-18,40H,7-10H2,(H,36,41)(H2,34,35,37,38). The molecule has 3 aromatic carbocycles. The average Bonchev–Trinajstić information content (AvgIpc) is 3.53. The molecule has 42 heavy (non-hydrogen) atoms. The summed E-state index contributed by atoms with van der Waals surface area (Å²) in [6, 6.07) is 16.3. The predicted octanol–water partition coefficient (Wildman–Crippen LogP) is 5.13. The number of carbonyl (C=O) groups excluding carboxylic acids is 1. The molecule has 0 atom stereocenters. The molecule has 9 nitrogen and oxygen atoms in total. The Labute approximate surface area is 240 Å². The van der Waals surface area contributed by atoms with E-state index in [1.165, 1.54) is 12.1 Å². The van der Waals surface area contributed by atoms with Crippen molar-refractivity contribution in [3.63, 3.8) is 0 Å². The first kappa shape index (κ1) is 27.7. The number of hydrogen-bond acceptors (Lipinski definition) is 6. The quantitative estimate of drug-likeness (QED) is 0.202. The maximum absolute atomic E-state index is 13.1. The Balaban J connectivity index is 1.41. The first-order valence-corrected chi connectivity index (χ1v) is 13.3. The third-order valence-corrected chi connectivity index (χ3v) is 7.41. The van der Waals surface area contributed by atoms with Gasteiger partial charge in [-0.25, -0.2) is 4.98 Å². The number of benzene rings is 3. The number of amides is 1. The lowest BCUT2D eigenvalue weighted by atomic mass is 9.67. The lowest BCUT2D eigenvalue weighted by Gasteiger charge is -2.28. The zero-order chi connectivity index (χ0) is 29.4. The number of H-pyrrole nitrogens is 1. The number of rotatable bonds is 7. The zero-order valence-corrected chi connectivity index (χ0v) is 22.2. The van der Waals surface area contributed by atoms with Crippen molar-refractivity contribution in [2.75, 3.05) is 5.32 Å². The Kier molecular flexibility index (Phi) is 7.31. The number of aromatic nitrogens is 4. The lowest BCUT2D eigenvalue weighted by molar-refractivity contribution is -0.274. The number of carbonyl (C=O) groups is 1. The average molecular weight is 571 g/mol. The molecule has 14 heteroatoms. The fourth-order valence-electron chi connectivity index (χ4n) is 5.47. The number of imidazole rings is 1. The highest BCUT2D eigenvalue weighted by molar-refractivity contribution is 6.89. The second-order valence-corrected chi connectivity index (χ2v) is 10.1. The minimum atomic E-state index is -4.83. The van der Waals surface area contributed by atoms with Gasteiger partial charge in [-0.15, -0.1) is 13.2 Å². The van der Waals surface area contributed by atoms with Crippen LogP contribution in [-0.2, 0) is 0 Å². The molecule has 3 radical (unpaired) electrons. The normalized spacial score (nSPS) is 17.3. The molecule has 1 aliphatic rings. The molecular weight excluding hydrogens is 547 g/mol. The van der Waals surface area contributed by atoms with Crippen LogP contribution >= 0.6 is 0 Å². The summed E-state index contributed by atoms with van der Waals surface area (Å²) in [7, 11) is 6.41. The molecule has 1 amide bonds. The molecule has 211 valence electrons. The van der Waals surface area contributed by atoms with E-state index in [0.717, 1.165) is 25.7 Å². The molecule has 0 spiro atoms. The van der Waals surface area contributed by atoms with Crippen LogP contribution in [0.2, 0.25) is 0 Å². The Hall–Kier alpha value is -4.45. The molecule has 6 rings (SSSR count).